The molecular formula is C6H13NSSi. The van der Waals surface area contributed by atoms with Gasteiger partial charge in [-0.25, -0.2) is 0 Å². The molecule has 0 radical (unpaired) electrons. The second kappa shape index (κ2) is 2.38. The molecule has 1 aliphatic heterocycles. The molecule has 1 heterocycles. The first-order valence-corrected chi connectivity index (χ1v) is 4.97. The lowest BCUT2D eigenvalue weighted by Gasteiger charge is -2.18. The summed E-state index contributed by atoms with van der Waals surface area (Å²) in [5, 5.41) is 0.705. The van der Waals surface area contributed by atoms with Crippen LogP contribution in [0, 0.1) is 0 Å². The number of nitrogens with zero attached hydrogens (tertiary/aromatic N) is 1. The molecule has 52 valence electrons. The van der Waals surface area contributed by atoms with Crippen LogP contribution in [0.1, 0.15) is 20.8 Å². The standard InChI is InChI=1S/C6H13NSSi/c1-4-5(2)8-6(3)7(4)9/h6H,1-3,9H3. The van der Waals surface area contributed by atoms with E-state index in [2.05, 4.69) is 25.3 Å². The fraction of sp³-hybridized carbons (Fsp3) is 0.667. The van der Waals surface area contributed by atoms with Gasteiger partial charge in [0.2, 0.25) is 0 Å². The average Bonchev–Trinajstić information content (AvgIpc) is 1.98. The van der Waals surface area contributed by atoms with Gasteiger partial charge in [0.15, 0.2) is 0 Å². The summed E-state index contributed by atoms with van der Waals surface area (Å²) in [6.45, 7) is 6.67. The molecule has 0 saturated heterocycles. The van der Waals surface area contributed by atoms with Gasteiger partial charge in [0, 0.05) is 10.6 Å². The number of thioether (sulfide) groups is 1. The van der Waals surface area contributed by atoms with Crippen LogP contribution in [0.5, 0.6) is 0 Å². The van der Waals surface area contributed by atoms with Crippen LogP contribution in [0.4, 0.5) is 0 Å². The van der Waals surface area contributed by atoms with E-state index in [1.165, 1.54) is 10.6 Å². The van der Waals surface area contributed by atoms with Crippen LogP contribution in [-0.4, -0.2) is 20.3 Å². The van der Waals surface area contributed by atoms with Crippen LogP contribution in [0.3, 0.4) is 0 Å². The molecule has 0 aromatic carbocycles. The Morgan fingerprint density at radius 2 is 2.11 bits per heavy atom. The Kier molecular flexibility index (Phi) is 1.91. The zero-order valence-corrected chi connectivity index (χ0v) is 9.25. The molecule has 0 fully saturated rings. The van der Waals surface area contributed by atoms with E-state index in [4.69, 9.17) is 0 Å². The zero-order chi connectivity index (χ0) is 7.02. The predicted octanol–water partition coefficient (Wildman–Crippen LogP) is 0.913. The molecule has 0 N–H and O–H groups in total. The fourth-order valence-corrected chi connectivity index (χ4v) is 2.90. The molecule has 0 spiro atoms. The summed E-state index contributed by atoms with van der Waals surface area (Å²) < 4.78 is 2.44. The van der Waals surface area contributed by atoms with Crippen LogP contribution < -0.4 is 0 Å². The molecule has 0 aliphatic carbocycles. The molecule has 1 rings (SSSR count). The average molecular weight is 159 g/mol. The van der Waals surface area contributed by atoms with Gasteiger partial charge in [0.05, 0.1) is 5.37 Å². The minimum atomic E-state index is 0.705. The van der Waals surface area contributed by atoms with Crippen molar-refractivity contribution in [2.24, 2.45) is 0 Å². The van der Waals surface area contributed by atoms with Gasteiger partial charge in [-0.05, 0) is 20.8 Å². The zero-order valence-electron chi connectivity index (χ0n) is 6.43. The molecule has 1 unspecified atom stereocenters. The third-order valence-electron chi connectivity index (χ3n) is 1.93. The molecule has 0 saturated carbocycles. The molecule has 0 bridgehead atoms. The lowest BCUT2D eigenvalue weighted by atomic mass is 10.4. The highest BCUT2D eigenvalue weighted by Crippen LogP contribution is 2.34. The van der Waals surface area contributed by atoms with Crippen LogP contribution in [0.15, 0.2) is 10.6 Å². The third-order valence-corrected chi connectivity index (χ3v) is 5.06. The van der Waals surface area contributed by atoms with E-state index in [0.717, 1.165) is 10.4 Å². The molecule has 9 heavy (non-hydrogen) atoms. The predicted molar refractivity (Wildman–Crippen MR) is 47.2 cm³/mol. The summed E-state index contributed by atoms with van der Waals surface area (Å²) in [7, 11) is 1.16. The van der Waals surface area contributed by atoms with Gasteiger partial charge in [-0.3, -0.25) is 0 Å². The van der Waals surface area contributed by atoms with E-state index in [-0.39, 0.29) is 0 Å². The van der Waals surface area contributed by atoms with Crippen molar-refractivity contribution in [1.29, 1.82) is 0 Å². The second-order valence-electron chi connectivity index (χ2n) is 2.47. The van der Waals surface area contributed by atoms with E-state index in [0.29, 0.717) is 5.37 Å². The van der Waals surface area contributed by atoms with Crippen molar-refractivity contribution in [2.45, 2.75) is 26.1 Å². The molecule has 1 atom stereocenters. The maximum Gasteiger partial charge on any atom is 0.108 e. The molecule has 1 aliphatic rings. The van der Waals surface area contributed by atoms with Crippen molar-refractivity contribution in [3.8, 4) is 0 Å². The number of hydrogen-bond donors (Lipinski definition) is 0. The summed E-state index contributed by atoms with van der Waals surface area (Å²) in [5.41, 5.74) is 1.49. The van der Waals surface area contributed by atoms with Gasteiger partial charge in [-0.15, -0.1) is 11.8 Å². The third kappa shape index (κ3) is 1.17. The molecular weight excluding hydrogens is 146 g/mol. The van der Waals surface area contributed by atoms with Crippen molar-refractivity contribution in [3.63, 3.8) is 0 Å². The lowest BCUT2D eigenvalue weighted by Crippen LogP contribution is -2.20. The van der Waals surface area contributed by atoms with E-state index in [9.17, 15) is 0 Å². The van der Waals surface area contributed by atoms with Gasteiger partial charge in [0.1, 0.15) is 10.4 Å². The lowest BCUT2D eigenvalue weighted by molar-refractivity contribution is 0.560. The SMILES string of the molecule is CC1=C(C)N([SiH3])C(C)S1. The summed E-state index contributed by atoms with van der Waals surface area (Å²) >= 11 is 1.98. The Morgan fingerprint density at radius 1 is 1.56 bits per heavy atom. The summed E-state index contributed by atoms with van der Waals surface area (Å²) in [4.78, 5) is 1.50. The first kappa shape index (κ1) is 7.22. The second-order valence-corrected chi connectivity index (χ2v) is 4.96. The van der Waals surface area contributed by atoms with Crippen molar-refractivity contribution in [1.82, 2.24) is 4.57 Å². The Balaban J connectivity index is 2.74. The van der Waals surface area contributed by atoms with Gasteiger partial charge >= 0.3 is 0 Å². The fourth-order valence-electron chi connectivity index (χ4n) is 0.941. The van der Waals surface area contributed by atoms with E-state index < -0.39 is 0 Å². The van der Waals surface area contributed by atoms with Crippen molar-refractivity contribution >= 4 is 22.2 Å². The normalized spacial score (nSPS) is 28.3. The first-order valence-electron chi connectivity index (χ1n) is 3.20. The van der Waals surface area contributed by atoms with Gasteiger partial charge in [0.25, 0.3) is 0 Å². The monoisotopic (exact) mass is 159 g/mol. The molecule has 3 heteroatoms. The van der Waals surface area contributed by atoms with Crippen LogP contribution in [0.2, 0.25) is 0 Å². The highest BCUT2D eigenvalue weighted by molar-refractivity contribution is 8.03. The Morgan fingerprint density at radius 3 is 2.22 bits per heavy atom. The van der Waals surface area contributed by atoms with Crippen molar-refractivity contribution in [3.05, 3.63) is 10.6 Å². The van der Waals surface area contributed by atoms with Crippen LogP contribution >= 0.6 is 11.8 Å². The van der Waals surface area contributed by atoms with Crippen LogP contribution in [0.25, 0.3) is 0 Å². The maximum absolute atomic E-state index is 2.44. The largest absolute Gasteiger partial charge is 0.398 e. The van der Waals surface area contributed by atoms with Gasteiger partial charge in [-0.1, -0.05) is 0 Å². The number of hydrogen-bond acceptors (Lipinski definition) is 2. The molecule has 0 aromatic rings. The number of allylic oxidation sites excluding steroid dienone is 2. The van der Waals surface area contributed by atoms with Crippen molar-refractivity contribution in [2.75, 3.05) is 0 Å². The van der Waals surface area contributed by atoms with E-state index in [1.54, 1.807) is 0 Å². The smallest absolute Gasteiger partial charge is 0.108 e. The van der Waals surface area contributed by atoms with Crippen molar-refractivity contribution < 1.29 is 0 Å². The Labute approximate surface area is 64.0 Å². The topological polar surface area (TPSA) is 3.24 Å². The summed E-state index contributed by atoms with van der Waals surface area (Å²) in [6.07, 6.45) is 0. The quantitative estimate of drug-likeness (QED) is 0.483. The highest BCUT2D eigenvalue weighted by Gasteiger charge is 2.19. The summed E-state index contributed by atoms with van der Waals surface area (Å²) in [6, 6.07) is 0. The molecule has 0 amide bonds. The molecule has 1 nitrogen and oxygen atoms in total. The van der Waals surface area contributed by atoms with Gasteiger partial charge < -0.3 is 4.57 Å². The number of rotatable bonds is 0. The minimum Gasteiger partial charge on any atom is -0.398 e. The Hall–Kier alpha value is 0.107. The van der Waals surface area contributed by atoms with E-state index in [1.807, 2.05) is 11.8 Å². The van der Waals surface area contributed by atoms with E-state index >= 15 is 0 Å². The highest BCUT2D eigenvalue weighted by atomic mass is 32.2. The Bertz CT molecular complexity index is 155. The maximum atomic E-state index is 2.44. The first-order chi connectivity index (χ1) is 4.13. The van der Waals surface area contributed by atoms with Crippen LogP contribution in [-0.2, 0) is 0 Å². The minimum absolute atomic E-state index is 0.705. The summed E-state index contributed by atoms with van der Waals surface area (Å²) in [5.74, 6) is 0. The molecule has 0 aromatic heterocycles. The van der Waals surface area contributed by atoms with Gasteiger partial charge in [-0.2, -0.15) is 0 Å².